The number of hydrogen-bond acceptors (Lipinski definition) is 3. The summed E-state index contributed by atoms with van der Waals surface area (Å²) in [5.74, 6) is -0.325. The molecule has 1 aliphatic rings. The van der Waals surface area contributed by atoms with Crippen LogP contribution < -0.4 is 15.1 Å². The van der Waals surface area contributed by atoms with E-state index in [0.717, 1.165) is 18.0 Å². The van der Waals surface area contributed by atoms with Crippen molar-refractivity contribution >= 4 is 17.3 Å². The maximum absolute atomic E-state index is 13.9. The monoisotopic (exact) mass is 339 g/mol. The van der Waals surface area contributed by atoms with Crippen LogP contribution in [0.4, 0.5) is 15.8 Å². The number of nitrogens with zero attached hydrogens (tertiary/aromatic N) is 2. The highest BCUT2D eigenvalue weighted by atomic mass is 19.1. The summed E-state index contributed by atoms with van der Waals surface area (Å²) in [6.07, 6.45) is 0. The summed E-state index contributed by atoms with van der Waals surface area (Å²) in [4.78, 5) is 15.4. The molecule has 1 saturated heterocycles. The topological polar surface area (TPSA) is 60.6 Å². The first-order valence-electron chi connectivity index (χ1n) is 8.29. The Balaban J connectivity index is 1.53. The van der Waals surface area contributed by atoms with Crippen LogP contribution in [0, 0.1) is 17.1 Å². The van der Waals surface area contributed by atoms with E-state index in [1.807, 2.05) is 11.0 Å². The molecule has 3 rings (SSSR count). The minimum absolute atomic E-state index is 0.114. The number of carbonyl (C=O) groups is 1. The highest BCUT2D eigenvalue weighted by Crippen LogP contribution is 2.18. The van der Waals surface area contributed by atoms with Crippen molar-refractivity contribution in [1.29, 1.82) is 5.26 Å². The molecule has 0 radical (unpaired) electrons. The molecule has 0 aromatic heterocycles. The fourth-order valence-corrected chi connectivity index (χ4v) is 3.06. The van der Waals surface area contributed by atoms with Gasteiger partial charge in [-0.15, -0.1) is 0 Å². The fraction of sp³-hybridized carbons (Fsp3) is 0.263. The van der Waals surface area contributed by atoms with Gasteiger partial charge in [0.1, 0.15) is 11.9 Å². The Labute approximate surface area is 146 Å². The average Bonchev–Trinajstić information content (AvgIpc) is 2.63. The quantitative estimate of drug-likeness (QED) is 0.875. The van der Waals surface area contributed by atoms with Gasteiger partial charge in [0.25, 0.3) is 5.91 Å². The van der Waals surface area contributed by atoms with E-state index in [1.54, 1.807) is 36.4 Å². The molecule has 2 aromatic carbocycles. The number of para-hydroxylation sites is 2. The van der Waals surface area contributed by atoms with Gasteiger partial charge in [-0.1, -0.05) is 24.3 Å². The summed E-state index contributed by atoms with van der Waals surface area (Å²) in [5, 5.41) is 11.9. The van der Waals surface area contributed by atoms with Gasteiger partial charge in [0, 0.05) is 0 Å². The minimum atomic E-state index is -0.211. The number of nitrogens with one attached hydrogen (secondary N) is 2. The third kappa shape index (κ3) is 4.14. The first-order valence-corrected chi connectivity index (χ1v) is 8.29. The van der Waals surface area contributed by atoms with Gasteiger partial charge in [-0.25, -0.2) is 4.39 Å². The Kier molecular flexibility index (Phi) is 5.26. The molecular weight excluding hydrogens is 319 g/mol. The van der Waals surface area contributed by atoms with Gasteiger partial charge >= 0.3 is 0 Å². The maximum atomic E-state index is 13.9. The van der Waals surface area contributed by atoms with Crippen molar-refractivity contribution in [3.8, 4) is 6.07 Å². The van der Waals surface area contributed by atoms with E-state index in [4.69, 9.17) is 5.26 Å². The van der Waals surface area contributed by atoms with Gasteiger partial charge in [0.2, 0.25) is 0 Å². The van der Waals surface area contributed by atoms with Gasteiger partial charge in [-0.2, -0.15) is 5.26 Å². The number of halogens is 1. The molecule has 1 amide bonds. The number of quaternary nitrogens is 1. The second-order valence-corrected chi connectivity index (χ2v) is 6.07. The normalized spacial score (nSPS) is 14.8. The molecule has 128 valence electrons. The molecule has 0 spiro atoms. The summed E-state index contributed by atoms with van der Waals surface area (Å²) in [7, 11) is 0. The molecule has 6 heteroatoms. The van der Waals surface area contributed by atoms with E-state index >= 15 is 0 Å². The Morgan fingerprint density at radius 2 is 1.84 bits per heavy atom. The molecule has 1 fully saturated rings. The molecule has 5 nitrogen and oxygen atoms in total. The number of benzene rings is 2. The second kappa shape index (κ2) is 7.77. The zero-order valence-electron chi connectivity index (χ0n) is 13.8. The third-order valence-corrected chi connectivity index (χ3v) is 4.40. The highest BCUT2D eigenvalue weighted by molar-refractivity contribution is 5.92. The maximum Gasteiger partial charge on any atom is 0.279 e. The van der Waals surface area contributed by atoms with E-state index in [0.29, 0.717) is 36.6 Å². The lowest BCUT2D eigenvalue weighted by Crippen LogP contribution is -3.15. The molecule has 0 bridgehead atoms. The lowest BCUT2D eigenvalue weighted by Gasteiger charge is -2.33. The Morgan fingerprint density at radius 1 is 1.16 bits per heavy atom. The van der Waals surface area contributed by atoms with E-state index in [2.05, 4.69) is 11.4 Å². The van der Waals surface area contributed by atoms with Crippen LogP contribution in [0.25, 0.3) is 0 Å². The van der Waals surface area contributed by atoms with Crippen LogP contribution in [0.3, 0.4) is 0 Å². The standard InChI is InChI=1S/C19H19FN4O/c20-16-6-2-4-8-18(16)24-11-9-23(10-12-24)14-19(25)22-17-7-3-1-5-15(17)13-21/h1-8H,9-12,14H2,(H,22,25)/p+1. The van der Waals surface area contributed by atoms with Gasteiger partial charge in [0.15, 0.2) is 6.54 Å². The molecule has 2 N–H and O–H groups in total. The van der Waals surface area contributed by atoms with Crippen molar-refractivity contribution in [2.45, 2.75) is 0 Å². The number of hydrogen-bond donors (Lipinski definition) is 2. The van der Waals surface area contributed by atoms with Gasteiger partial charge in [0.05, 0.1) is 43.1 Å². The molecule has 0 saturated carbocycles. The molecule has 0 unspecified atom stereocenters. The number of anilines is 2. The summed E-state index contributed by atoms with van der Waals surface area (Å²) >= 11 is 0. The number of amides is 1. The Morgan fingerprint density at radius 3 is 2.56 bits per heavy atom. The van der Waals surface area contributed by atoms with Gasteiger partial charge in [-0.05, 0) is 24.3 Å². The first kappa shape index (κ1) is 16.9. The largest absolute Gasteiger partial charge is 0.358 e. The molecule has 2 aromatic rings. The zero-order chi connectivity index (χ0) is 17.6. The van der Waals surface area contributed by atoms with Crippen LogP contribution >= 0.6 is 0 Å². The lowest BCUT2D eigenvalue weighted by molar-refractivity contribution is -0.892. The predicted molar refractivity (Wildman–Crippen MR) is 94.0 cm³/mol. The fourth-order valence-electron chi connectivity index (χ4n) is 3.06. The van der Waals surface area contributed by atoms with Crippen molar-refractivity contribution < 1.29 is 14.1 Å². The third-order valence-electron chi connectivity index (χ3n) is 4.40. The minimum Gasteiger partial charge on any atom is -0.358 e. The Bertz CT molecular complexity index is 794. The van der Waals surface area contributed by atoms with Gasteiger partial charge in [-0.3, -0.25) is 4.79 Å². The number of nitriles is 1. The second-order valence-electron chi connectivity index (χ2n) is 6.07. The molecule has 0 aliphatic carbocycles. The zero-order valence-corrected chi connectivity index (χ0v) is 13.8. The highest BCUT2D eigenvalue weighted by Gasteiger charge is 2.23. The Hall–Kier alpha value is -2.91. The summed E-state index contributed by atoms with van der Waals surface area (Å²) < 4.78 is 13.9. The van der Waals surface area contributed by atoms with Crippen LogP contribution in [0.1, 0.15) is 5.56 Å². The van der Waals surface area contributed by atoms with Crippen molar-refractivity contribution in [3.63, 3.8) is 0 Å². The predicted octanol–water partition coefficient (Wildman–Crippen LogP) is 1.04. The molecular formula is C19H20FN4O+. The van der Waals surface area contributed by atoms with Crippen molar-refractivity contribution in [2.24, 2.45) is 0 Å². The molecule has 1 aliphatic heterocycles. The van der Waals surface area contributed by atoms with Crippen LogP contribution in [0.2, 0.25) is 0 Å². The van der Waals surface area contributed by atoms with Crippen molar-refractivity contribution in [3.05, 3.63) is 59.9 Å². The summed E-state index contributed by atoms with van der Waals surface area (Å²) in [6.45, 7) is 3.28. The van der Waals surface area contributed by atoms with Crippen LogP contribution in [-0.4, -0.2) is 38.6 Å². The van der Waals surface area contributed by atoms with Crippen LogP contribution in [0.15, 0.2) is 48.5 Å². The molecule has 1 heterocycles. The first-order chi connectivity index (χ1) is 12.2. The van der Waals surface area contributed by atoms with Crippen LogP contribution in [-0.2, 0) is 4.79 Å². The van der Waals surface area contributed by atoms with Crippen molar-refractivity contribution in [2.75, 3.05) is 42.9 Å². The van der Waals surface area contributed by atoms with E-state index in [1.165, 1.54) is 6.07 Å². The van der Waals surface area contributed by atoms with Crippen molar-refractivity contribution in [1.82, 2.24) is 0 Å². The number of carbonyl (C=O) groups excluding carboxylic acids is 1. The average molecular weight is 339 g/mol. The summed E-state index contributed by atoms with van der Waals surface area (Å²) in [6, 6.07) is 15.8. The molecule has 25 heavy (non-hydrogen) atoms. The lowest BCUT2D eigenvalue weighted by atomic mass is 10.2. The number of piperazine rings is 1. The molecule has 0 atom stereocenters. The van der Waals surface area contributed by atoms with E-state index in [-0.39, 0.29) is 11.7 Å². The summed E-state index contributed by atoms with van der Waals surface area (Å²) in [5.41, 5.74) is 1.61. The number of rotatable bonds is 4. The van der Waals surface area contributed by atoms with Gasteiger partial charge < -0.3 is 15.1 Å². The van der Waals surface area contributed by atoms with E-state index in [9.17, 15) is 9.18 Å². The van der Waals surface area contributed by atoms with Crippen LogP contribution in [0.5, 0.6) is 0 Å². The van der Waals surface area contributed by atoms with E-state index < -0.39 is 0 Å². The SMILES string of the molecule is N#Cc1ccccc1NC(=O)C[NH+]1CCN(c2ccccc2F)CC1. The smallest absolute Gasteiger partial charge is 0.279 e.